The Bertz CT molecular complexity index is 2050. The van der Waals surface area contributed by atoms with Gasteiger partial charge in [-0.1, -0.05) is 170 Å². The number of hydrogen-bond acceptors (Lipinski definition) is 6. The predicted molar refractivity (Wildman–Crippen MR) is 206 cm³/mol. The number of hydrogen-bond donors (Lipinski definition) is 0. The van der Waals surface area contributed by atoms with E-state index in [1.165, 1.54) is 36.9 Å². The summed E-state index contributed by atoms with van der Waals surface area (Å²) in [6.45, 7) is 2.10. The van der Waals surface area contributed by atoms with Crippen molar-refractivity contribution in [3.05, 3.63) is 157 Å². The van der Waals surface area contributed by atoms with Gasteiger partial charge in [0.05, 0.1) is 10.3 Å². The molecule has 0 radical (unpaired) electrons. The normalized spacial score (nSPS) is 11.9. The van der Waals surface area contributed by atoms with Crippen LogP contribution in [0.1, 0.15) is 12.0 Å². The fraction of sp³-hybridized carbons (Fsp3) is 0.0750. The average Bonchev–Trinajstić information content (AvgIpc) is 3.10. The van der Waals surface area contributed by atoms with Crippen molar-refractivity contribution in [1.29, 1.82) is 0 Å². The minimum absolute atomic E-state index is 0.132. The van der Waals surface area contributed by atoms with Crippen LogP contribution in [0.5, 0.6) is 5.75 Å². The van der Waals surface area contributed by atoms with Crippen LogP contribution in [0.4, 0.5) is 5.69 Å². The minimum Gasteiger partial charge on any atom is -0.442 e. The Morgan fingerprint density at radius 3 is 1.61 bits per heavy atom. The van der Waals surface area contributed by atoms with Crippen molar-refractivity contribution < 1.29 is 4.74 Å². The summed E-state index contributed by atoms with van der Waals surface area (Å²) in [6.07, 6.45) is 0.641. The fourth-order valence-electron chi connectivity index (χ4n) is 5.26. The highest BCUT2D eigenvalue weighted by atomic mass is 33.1. The Morgan fingerprint density at radius 2 is 1.02 bits per heavy atom. The summed E-state index contributed by atoms with van der Waals surface area (Å²) in [5, 5.41) is 7.27. The first-order valence-electron chi connectivity index (χ1n) is 15.1. The van der Waals surface area contributed by atoms with E-state index in [2.05, 4.69) is 153 Å². The van der Waals surface area contributed by atoms with E-state index >= 15 is 0 Å². The van der Waals surface area contributed by atoms with E-state index in [4.69, 9.17) is 9.73 Å². The van der Waals surface area contributed by atoms with Gasteiger partial charge in [-0.3, -0.25) is 0 Å². The number of fused-ring (bicyclic) bond motifs is 3. The van der Waals surface area contributed by atoms with Crippen molar-refractivity contribution in [3.63, 3.8) is 0 Å². The zero-order chi connectivity index (χ0) is 31.1. The third-order valence-corrected chi connectivity index (χ3v) is 14.0. The van der Waals surface area contributed by atoms with Crippen LogP contribution in [0.25, 0.3) is 32.3 Å². The molecule has 7 rings (SSSR count). The van der Waals surface area contributed by atoms with Crippen molar-refractivity contribution in [2.75, 3.05) is 0 Å². The van der Waals surface area contributed by atoms with E-state index in [1.54, 1.807) is 0 Å². The Balaban J connectivity index is 1.22. The van der Waals surface area contributed by atoms with Crippen molar-refractivity contribution in [2.24, 2.45) is 4.99 Å². The van der Waals surface area contributed by atoms with Gasteiger partial charge in [-0.2, -0.15) is 0 Å². The lowest BCUT2D eigenvalue weighted by Gasteiger charge is -2.18. The number of nitrogens with zero attached hydrogens (tertiary/aromatic N) is 1. The van der Waals surface area contributed by atoms with E-state index in [9.17, 15) is 0 Å². The van der Waals surface area contributed by atoms with E-state index in [0.717, 1.165) is 22.2 Å². The maximum Gasteiger partial charge on any atom is 0.197 e. The smallest absolute Gasteiger partial charge is 0.197 e. The molecule has 0 saturated carbocycles. The maximum atomic E-state index is 6.74. The van der Waals surface area contributed by atoms with Crippen LogP contribution in [0.15, 0.2) is 166 Å². The quantitative estimate of drug-likeness (QED) is 0.0624. The first-order chi connectivity index (χ1) is 22.7. The summed E-state index contributed by atoms with van der Waals surface area (Å²) in [4.78, 5) is 7.62. The van der Waals surface area contributed by atoms with Gasteiger partial charge in [-0.05, 0) is 64.2 Å². The molecule has 0 aliphatic heterocycles. The first kappa shape index (κ1) is 30.8. The SMILES string of the molecule is Cc1ccc(N=C(CC(SSc2cccc3ccccc23)SSc2cccc3ccccc23)Oc2cccc3ccccc23)cc1. The summed E-state index contributed by atoms with van der Waals surface area (Å²) in [5.41, 5.74) is 2.09. The second-order valence-electron chi connectivity index (χ2n) is 10.9. The summed E-state index contributed by atoms with van der Waals surface area (Å²) < 4.78 is 6.87. The molecule has 0 atom stereocenters. The molecule has 0 spiro atoms. The van der Waals surface area contributed by atoms with E-state index in [0.29, 0.717) is 12.3 Å². The molecule has 0 bridgehead atoms. The molecule has 6 heteroatoms. The van der Waals surface area contributed by atoms with Gasteiger partial charge >= 0.3 is 0 Å². The standard InChI is InChI=1S/C40H31NOS4/c1-28-23-25-32(26-24-28)41-39(42-36-20-8-14-29-11-2-5-17-33(29)36)27-40(45-43-37-21-9-15-30-12-3-6-18-34(30)37)46-44-38-22-10-16-31-13-4-7-19-35(31)38/h2-26,40H,27H2,1H3. The van der Waals surface area contributed by atoms with Crippen molar-refractivity contribution in [2.45, 2.75) is 27.7 Å². The molecule has 0 saturated heterocycles. The van der Waals surface area contributed by atoms with Gasteiger partial charge in [-0.25, -0.2) is 4.99 Å². The molecule has 0 aromatic heterocycles. The third-order valence-electron chi connectivity index (χ3n) is 7.60. The maximum absolute atomic E-state index is 6.74. The van der Waals surface area contributed by atoms with Crippen molar-refractivity contribution in [1.82, 2.24) is 0 Å². The van der Waals surface area contributed by atoms with Crippen LogP contribution in [0, 0.1) is 6.92 Å². The Hall–Kier alpha value is -3.81. The molecular formula is C40H31NOS4. The van der Waals surface area contributed by atoms with E-state index in [-0.39, 0.29) is 4.58 Å². The Kier molecular flexibility index (Phi) is 9.88. The topological polar surface area (TPSA) is 21.6 Å². The summed E-state index contributed by atoms with van der Waals surface area (Å²) in [6, 6.07) is 53.2. The van der Waals surface area contributed by atoms with E-state index in [1.807, 2.05) is 49.2 Å². The minimum atomic E-state index is 0.132. The van der Waals surface area contributed by atoms with Crippen LogP contribution < -0.4 is 4.74 Å². The molecule has 0 unspecified atom stereocenters. The van der Waals surface area contributed by atoms with Crippen LogP contribution in [-0.4, -0.2) is 10.5 Å². The largest absolute Gasteiger partial charge is 0.442 e. The van der Waals surface area contributed by atoms with Crippen molar-refractivity contribution in [3.8, 4) is 5.75 Å². The monoisotopic (exact) mass is 669 g/mol. The van der Waals surface area contributed by atoms with Gasteiger partial charge in [0.25, 0.3) is 0 Å². The fourth-order valence-corrected chi connectivity index (χ4v) is 11.5. The lowest BCUT2D eigenvalue weighted by molar-refractivity contribution is 0.542. The first-order valence-corrected chi connectivity index (χ1v) is 19.5. The Morgan fingerprint density at radius 1 is 0.543 bits per heavy atom. The van der Waals surface area contributed by atoms with Gasteiger partial charge in [0.15, 0.2) is 5.90 Å². The van der Waals surface area contributed by atoms with Crippen molar-refractivity contribution >= 4 is 87.1 Å². The lowest BCUT2D eigenvalue weighted by atomic mass is 10.1. The number of benzene rings is 7. The summed E-state index contributed by atoms with van der Waals surface area (Å²) in [5.74, 6) is 1.52. The second-order valence-corrected chi connectivity index (χ2v) is 16.1. The summed E-state index contributed by atoms with van der Waals surface area (Å²) in [7, 11) is 7.39. The molecule has 0 fully saturated rings. The van der Waals surface area contributed by atoms with Gasteiger partial charge < -0.3 is 4.74 Å². The molecule has 0 aliphatic rings. The third kappa shape index (κ3) is 7.42. The molecule has 226 valence electrons. The molecule has 46 heavy (non-hydrogen) atoms. The average molecular weight is 670 g/mol. The highest BCUT2D eigenvalue weighted by Gasteiger charge is 2.20. The lowest BCUT2D eigenvalue weighted by Crippen LogP contribution is -2.14. The molecule has 0 N–H and O–H groups in total. The molecule has 0 amide bonds. The zero-order valence-electron chi connectivity index (χ0n) is 25.2. The highest BCUT2D eigenvalue weighted by molar-refractivity contribution is 8.85. The molecule has 0 heterocycles. The van der Waals surface area contributed by atoms with E-state index < -0.39 is 0 Å². The second kappa shape index (κ2) is 14.7. The van der Waals surface area contributed by atoms with Gasteiger partial charge in [0.1, 0.15) is 5.75 Å². The highest BCUT2D eigenvalue weighted by Crippen LogP contribution is 2.49. The predicted octanol–water partition coefficient (Wildman–Crippen LogP) is 13.2. The van der Waals surface area contributed by atoms with Gasteiger partial charge in [-0.15, -0.1) is 0 Å². The van der Waals surface area contributed by atoms with Crippen LogP contribution in [0.2, 0.25) is 0 Å². The molecule has 7 aromatic carbocycles. The zero-order valence-corrected chi connectivity index (χ0v) is 28.5. The molecular weight excluding hydrogens is 639 g/mol. The molecule has 2 nitrogen and oxygen atoms in total. The van der Waals surface area contributed by atoms with Crippen LogP contribution in [-0.2, 0) is 0 Å². The molecule has 0 aliphatic carbocycles. The van der Waals surface area contributed by atoms with Gasteiger partial charge in [0, 0.05) is 21.6 Å². The van der Waals surface area contributed by atoms with Crippen LogP contribution in [0.3, 0.4) is 0 Å². The number of ether oxygens (including phenoxy) is 1. The number of aryl methyl sites for hydroxylation is 1. The number of aliphatic imine (C=N–C) groups is 1. The van der Waals surface area contributed by atoms with Gasteiger partial charge in [0.2, 0.25) is 0 Å². The Labute approximate surface area is 285 Å². The molecule has 7 aromatic rings. The summed E-state index contributed by atoms with van der Waals surface area (Å²) >= 11 is 0. The van der Waals surface area contributed by atoms with Crippen LogP contribution >= 0.6 is 43.2 Å². The number of rotatable bonds is 10.